The van der Waals surface area contributed by atoms with Crippen molar-refractivity contribution < 1.29 is 14.1 Å². The van der Waals surface area contributed by atoms with Crippen LogP contribution >= 0.6 is 11.6 Å². The minimum Gasteiger partial charge on any atom is -0.497 e. The maximum absolute atomic E-state index is 12.6. The highest BCUT2D eigenvalue weighted by molar-refractivity contribution is 6.31. The molecule has 0 aliphatic carbocycles. The van der Waals surface area contributed by atoms with Gasteiger partial charge >= 0.3 is 6.03 Å². The summed E-state index contributed by atoms with van der Waals surface area (Å²) in [5.41, 5.74) is 2.54. The number of urea groups is 1. The molecule has 2 amide bonds. The van der Waals surface area contributed by atoms with E-state index in [9.17, 15) is 4.79 Å². The van der Waals surface area contributed by atoms with Crippen LogP contribution in [0.5, 0.6) is 5.75 Å². The number of carbonyl (C=O) groups is 1. The first-order valence-corrected chi connectivity index (χ1v) is 10.2. The van der Waals surface area contributed by atoms with Crippen LogP contribution in [-0.4, -0.2) is 41.3 Å². The molecule has 1 fully saturated rings. The monoisotopic (exact) mass is 426 g/mol. The molecule has 1 aliphatic rings. The zero-order valence-electron chi connectivity index (χ0n) is 16.9. The van der Waals surface area contributed by atoms with Crippen molar-refractivity contribution in [1.29, 1.82) is 0 Å². The van der Waals surface area contributed by atoms with E-state index in [2.05, 4.69) is 15.5 Å². The molecule has 4 rings (SSSR count). The van der Waals surface area contributed by atoms with Crippen LogP contribution in [0.25, 0.3) is 11.4 Å². The number of piperidine rings is 1. The summed E-state index contributed by atoms with van der Waals surface area (Å²) in [5.74, 6) is 2.10. The van der Waals surface area contributed by atoms with Crippen LogP contribution in [0.15, 0.2) is 47.0 Å². The fraction of sp³-hybridized carbons (Fsp3) is 0.318. The molecule has 1 N–H and O–H groups in total. The van der Waals surface area contributed by atoms with E-state index in [0.29, 0.717) is 35.5 Å². The van der Waals surface area contributed by atoms with Gasteiger partial charge in [-0.05, 0) is 61.7 Å². The standard InChI is InChI=1S/C22H23ClN4O3/c1-14-3-6-17(13-19(14)23)24-22(28)27-11-9-16(10-12-27)21-25-20(26-30-21)15-4-7-18(29-2)8-5-15/h3-8,13,16H,9-12H2,1-2H3,(H,24,28). The number of amides is 2. The molecular formula is C22H23ClN4O3. The molecular weight excluding hydrogens is 404 g/mol. The normalized spacial score (nSPS) is 14.6. The molecule has 2 heterocycles. The third-order valence-corrected chi connectivity index (χ3v) is 5.75. The molecule has 0 atom stereocenters. The van der Waals surface area contributed by atoms with Gasteiger partial charge in [-0.25, -0.2) is 4.79 Å². The minimum absolute atomic E-state index is 0.127. The third kappa shape index (κ3) is 4.41. The van der Waals surface area contributed by atoms with Crippen molar-refractivity contribution in [3.05, 3.63) is 58.9 Å². The number of benzene rings is 2. The Labute approximate surface area is 180 Å². The summed E-state index contributed by atoms with van der Waals surface area (Å²) in [6.45, 7) is 3.17. The lowest BCUT2D eigenvalue weighted by Gasteiger charge is -2.30. The molecule has 2 aromatic carbocycles. The number of carbonyl (C=O) groups excluding carboxylic acids is 1. The van der Waals surface area contributed by atoms with Crippen LogP contribution < -0.4 is 10.1 Å². The highest BCUT2D eigenvalue weighted by atomic mass is 35.5. The maximum atomic E-state index is 12.6. The average molecular weight is 427 g/mol. The topological polar surface area (TPSA) is 80.5 Å². The first-order chi connectivity index (χ1) is 14.5. The van der Waals surface area contributed by atoms with Crippen molar-refractivity contribution >= 4 is 23.3 Å². The molecule has 1 aliphatic heterocycles. The first-order valence-electron chi connectivity index (χ1n) is 9.83. The Hall–Kier alpha value is -3.06. The van der Waals surface area contributed by atoms with Gasteiger partial charge in [0.05, 0.1) is 7.11 Å². The summed E-state index contributed by atoms with van der Waals surface area (Å²) in [6.07, 6.45) is 1.54. The Morgan fingerprint density at radius 2 is 1.93 bits per heavy atom. The molecule has 1 aromatic heterocycles. The number of hydrogen-bond donors (Lipinski definition) is 1. The predicted molar refractivity (Wildman–Crippen MR) is 115 cm³/mol. The molecule has 1 saturated heterocycles. The highest BCUT2D eigenvalue weighted by Crippen LogP contribution is 2.29. The second-order valence-corrected chi connectivity index (χ2v) is 7.75. The number of aryl methyl sites for hydroxylation is 1. The molecule has 0 saturated carbocycles. The molecule has 7 nitrogen and oxygen atoms in total. The van der Waals surface area contributed by atoms with Crippen molar-refractivity contribution in [1.82, 2.24) is 15.0 Å². The number of aromatic nitrogens is 2. The summed E-state index contributed by atoms with van der Waals surface area (Å²) in [4.78, 5) is 18.9. The summed E-state index contributed by atoms with van der Waals surface area (Å²) in [7, 11) is 1.63. The number of likely N-dealkylation sites (tertiary alicyclic amines) is 1. The zero-order valence-corrected chi connectivity index (χ0v) is 17.6. The van der Waals surface area contributed by atoms with Crippen LogP contribution in [0.3, 0.4) is 0 Å². The lowest BCUT2D eigenvalue weighted by atomic mass is 9.97. The van der Waals surface area contributed by atoms with Crippen molar-refractivity contribution in [3.63, 3.8) is 0 Å². The predicted octanol–water partition coefficient (Wildman–Crippen LogP) is 5.12. The molecule has 3 aromatic rings. The summed E-state index contributed by atoms with van der Waals surface area (Å²) >= 11 is 6.14. The maximum Gasteiger partial charge on any atom is 0.321 e. The van der Waals surface area contributed by atoms with E-state index < -0.39 is 0 Å². The first kappa shape index (κ1) is 20.2. The number of nitrogens with one attached hydrogen (secondary N) is 1. The van der Waals surface area contributed by atoms with Gasteiger partial charge in [0.2, 0.25) is 11.7 Å². The Morgan fingerprint density at radius 1 is 1.20 bits per heavy atom. The van der Waals surface area contributed by atoms with E-state index in [0.717, 1.165) is 29.7 Å². The Morgan fingerprint density at radius 3 is 2.60 bits per heavy atom. The molecule has 0 unspecified atom stereocenters. The van der Waals surface area contributed by atoms with Crippen LogP contribution in [0.4, 0.5) is 10.5 Å². The van der Waals surface area contributed by atoms with E-state index in [4.69, 9.17) is 20.9 Å². The third-order valence-electron chi connectivity index (χ3n) is 5.34. The van der Waals surface area contributed by atoms with E-state index >= 15 is 0 Å². The van der Waals surface area contributed by atoms with E-state index in [1.165, 1.54) is 0 Å². The smallest absolute Gasteiger partial charge is 0.321 e. The number of hydrogen-bond acceptors (Lipinski definition) is 5. The van der Waals surface area contributed by atoms with Crippen molar-refractivity contribution in [2.45, 2.75) is 25.7 Å². The number of rotatable bonds is 4. The van der Waals surface area contributed by atoms with Crippen molar-refractivity contribution in [3.8, 4) is 17.1 Å². The fourth-order valence-corrected chi connectivity index (χ4v) is 3.64. The second-order valence-electron chi connectivity index (χ2n) is 7.34. The van der Waals surface area contributed by atoms with Crippen LogP contribution in [0, 0.1) is 6.92 Å². The number of nitrogens with zero attached hydrogens (tertiary/aromatic N) is 3. The summed E-state index contributed by atoms with van der Waals surface area (Å²) in [5, 5.41) is 7.66. The van der Waals surface area contributed by atoms with Crippen LogP contribution in [-0.2, 0) is 0 Å². The number of methoxy groups -OCH3 is 1. The van der Waals surface area contributed by atoms with Gasteiger partial charge in [-0.15, -0.1) is 0 Å². The second kappa shape index (κ2) is 8.75. The zero-order chi connectivity index (χ0) is 21.1. The molecule has 8 heteroatoms. The summed E-state index contributed by atoms with van der Waals surface area (Å²) < 4.78 is 10.7. The van der Waals surface area contributed by atoms with Gasteiger partial charge in [-0.2, -0.15) is 4.98 Å². The Kier molecular flexibility index (Phi) is 5.90. The molecule has 30 heavy (non-hydrogen) atoms. The lowest BCUT2D eigenvalue weighted by Crippen LogP contribution is -2.40. The van der Waals surface area contributed by atoms with Crippen molar-refractivity contribution in [2.24, 2.45) is 0 Å². The quantitative estimate of drug-likeness (QED) is 0.626. The van der Waals surface area contributed by atoms with E-state index in [-0.39, 0.29) is 11.9 Å². The number of halogens is 1. The largest absolute Gasteiger partial charge is 0.497 e. The number of ether oxygens (including phenoxy) is 1. The molecule has 156 valence electrons. The minimum atomic E-state index is -0.127. The van der Waals surface area contributed by atoms with Crippen molar-refractivity contribution in [2.75, 3.05) is 25.5 Å². The molecule has 0 bridgehead atoms. The van der Waals surface area contributed by atoms with Gasteiger partial charge in [-0.1, -0.05) is 22.8 Å². The Balaban J connectivity index is 1.34. The number of anilines is 1. The van der Waals surface area contributed by atoms with Crippen LogP contribution in [0.1, 0.15) is 30.2 Å². The SMILES string of the molecule is COc1ccc(-c2noc(C3CCN(C(=O)Nc4ccc(C)c(Cl)c4)CC3)n2)cc1. The Bertz CT molecular complexity index is 1030. The van der Waals surface area contributed by atoms with Crippen LogP contribution in [0.2, 0.25) is 5.02 Å². The lowest BCUT2D eigenvalue weighted by molar-refractivity contribution is 0.187. The van der Waals surface area contributed by atoms with Gasteiger partial charge in [0.15, 0.2) is 0 Å². The van der Waals surface area contributed by atoms with Gasteiger partial charge in [0, 0.05) is 35.3 Å². The molecule has 0 radical (unpaired) electrons. The van der Waals surface area contributed by atoms with E-state index in [1.807, 2.05) is 43.3 Å². The van der Waals surface area contributed by atoms with Gasteiger partial charge in [0.1, 0.15) is 5.75 Å². The van der Waals surface area contributed by atoms with E-state index in [1.54, 1.807) is 18.1 Å². The molecule has 0 spiro atoms. The fourth-order valence-electron chi connectivity index (χ4n) is 3.46. The average Bonchev–Trinajstić information content (AvgIpc) is 3.27. The van der Waals surface area contributed by atoms with Gasteiger partial charge in [-0.3, -0.25) is 0 Å². The van der Waals surface area contributed by atoms with Gasteiger partial charge in [0.25, 0.3) is 0 Å². The highest BCUT2D eigenvalue weighted by Gasteiger charge is 2.27. The summed E-state index contributed by atoms with van der Waals surface area (Å²) in [6, 6.07) is 12.9. The van der Waals surface area contributed by atoms with Gasteiger partial charge < -0.3 is 19.5 Å².